The number of hydrogen-bond donors (Lipinski definition) is 1. The van der Waals surface area contributed by atoms with Crippen LogP contribution in [-0.2, 0) is 20.0 Å². The summed E-state index contributed by atoms with van der Waals surface area (Å²) in [7, 11) is 1.80. The normalized spacial score (nSPS) is 11.1. The number of nitrogens with one attached hydrogen (secondary N) is 1. The Labute approximate surface area is 125 Å². The molecule has 2 aromatic heterocycles. The second-order valence-electron chi connectivity index (χ2n) is 5.39. The number of hydrogen-bond acceptors (Lipinski definition) is 5. The van der Waals surface area contributed by atoms with Gasteiger partial charge >= 0.3 is 6.01 Å². The molecule has 0 spiro atoms. The zero-order valence-corrected chi connectivity index (χ0v) is 13.1. The fourth-order valence-corrected chi connectivity index (χ4v) is 1.94. The summed E-state index contributed by atoms with van der Waals surface area (Å²) in [5.41, 5.74) is 2.19. The zero-order valence-electron chi connectivity index (χ0n) is 13.1. The highest BCUT2D eigenvalue weighted by Gasteiger charge is 2.08. The van der Waals surface area contributed by atoms with Crippen LogP contribution in [0.3, 0.4) is 0 Å². The molecule has 0 aromatic carbocycles. The number of ether oxygens (including phenoxy) is 1. The van der Waals surface area contributed by atoms with Crippen LogP contribution < -0.4 is 10.1 Å². The summed E-state index contributed by atoms with van der Waals surface area (Å²) in [6.45, 7) is 7.19. The van der Waals surface area contributed by atoms with Crippen molar-refractivity contribution in [2.75, 3.05) is 0 Å². The van der Waals surface area contributed by atoms with Crippen molar-refractivity contribution in [3.05, 3.63) is 29.7 Å². The topological polar surface area (TPSA) is 64.9 Å². The smallest absolute Gasteiger partial charge is 0.342 e. The van der Waals surface area contributed by atoms with Crippen molar-refractivity contribution in [3.8, 4) is 11.9 Å². The standard InChI is InChI=1S/C15H23N5O/c1-5-6-13-7-12(9-16-11(2)3)8-14(18-13)21-15-17-10-20(4)19-15/h7-8,10-11,16H,5-6,9H2,1-4H3. The summed E-state index contributed by atoms with van der Waals surface area (Å²) in [4.78, 5) is 8.58. The van der Waals surface area contributed by atoms with E-state index in [2.05, 4.69) is 47.2 Å². The first-order chi connectivity index (χ1) is 10.1. The van der Waals surface area contributed by atoms with E-state index < -0.39 is 0 Å². The highest BCUT2D eigenvalue weighted by atomic mass is 16.5. The first kappa shape index (κ1) is 15.4. The van der Waals surface area contributed by atoms with Crippen LogP contribution in [0.4, 0.5) is 0 Å². The first-order valence-corrected chi connectivity index (χ1v) is 7.33. The lowest BCUT2D eigenvalue weighted by atomic mass is 10.1. The van der Waals surface area contributed by atoms with Crippen molar-refractivity contribution < 1.29 is 4.74 Å². The van der Waals surface area contributed by atoms with Crippen molar-refractivity contribution in [2.24, 2.45) is 7.05 Å². The van der Waals surface area contributed by atoms with Gasteiger partial charge in [-0.1, -0.05) is 27.2 Å². The molecule has 0 fully saturated rings. The molecule has 0 bridgehead atoms. The molecule has 0 aliphatic rings. The molecule has 114 valence electrons. The second-order valence-corrected chi connectivity index (χ2v) is 5.39. The van der Waals surface area contributed by atoms with Gasteiger partial charge in [0.1, 0.15) is 6.33 Å². The van der Waals surface area contributed by atoms with E-state index in [-0.39, 0.29) is 0 Å². The predicted molar refractivity (Wildman–Crippen MR) is 81.3 cm³/mol. The second kappa shape index (κ2) is 7.17. The molecule has 0 unspecified atom stereocenters. The molecule has 0 aliphatic heterocycles. The summed E-state index contributed by atoms with van der Waals surface area (Å²) in [5.74, 6) is 0.549. The van der Waals surface area contributed by atoms with E-state index >= 15 is 0 Å². The Hall–Kier alpha value is -1.95. The molecule has 0 saturated heterocycles. The quantitative estimate of drug-likeness (QED) is 0.848. The Balaban J connectivity index is 2.17. The third-order valence-electron chi connectivity index (χ3n) is 2.91. The Morgan fingerprint density at radius 1 is 1.33 bits per heavy atom. The van der Waals surface area contributed by atoms with E-state index in [1.807, 2.05) is 6.07 Å². The summed E-state index contributed by atoms with van der Waals surface area (Å²) in [6, 6.07) is 4.82. The lowest BCUT2D eigenvalue weighted by Crippen LogP contribution is -2.22. The van der Waals surface area contributed by atoms with Crippen molar-refractivity contribution in [3.63, 3.8) is 0 Å². The van der Waals surface area contributed by atoms with Crippen molar-refractivity contribution in [1.29, 1.82) is 0 Å². The largest absolute Gasteiger partial charge is 0.404 e. The maximum atomic E-state index is 5.65. The van der Waals surface area contributed by atoms with Gasteiger partial charge in [-0.2, -0.15) is 4.98 Å². The molecule has 0 aliphatic carbocycles. The van der Waals surface area contributed by atoms with Crippen LogP contribution in [0.5, 0.6) is 11.9 Å². The van der Waals surface area contributed by atoms with E-state index in [0.717, 1.165) is 30.6 Å². The van der Waals surface area contributed by atoms with Gasteiger partial charge in [0.2, 0.25) is 5.88 Å². The molecule has 2 heterocycles. The van der Waals surface area contributed by atoms with Gasteiger partial charge in [-0.15, -0.1) is 5.10 Å². The Kier molecular flexibility index (Phi) is 5.27. The average molecular weight is 289 g/mol. The van der Waals surface area contributed by atoms with Crippen LogP contribution >= 0.6 is 0 Å². The Morgan fingerprint density at radius 2 is 2.14 bits per heavy atom. The van der Waals surface area contributed by atoms with Gasteiger partial charge in [0.05, 0.1) is 0 Å². The minimum absolute atomic E-state index is 0.321. The van der Waals surface area contributed by atoms with Gasteiger partial charge in [-0.25, -0.2) is 4.98 Å². The van der Waals surface area contributed by atoms with Crippen LogP contribution in [0.25, 0.3) is 0 Å². The maximum absolute atomic E-state index is 5.65. The van der Waals surface area contributed by atoms with Crippen molar-refractivity contribution in [1.82, 2.24) is 25.1 Å². The van der Waals surface area contributed by atoms with Crippen molar-refractivity contribution >= 4 is 0 Å². The van der Waals surface area contributed by atoms with E-state index in [9.17, 15) is 0 Å². The molecule has 2 rings (SSSR count). The minimum Gasteiger partial charge on any atom is -0.404 e. The number of rotatable bonds is 7. The molecule has 6 nitrogen and oxygen atoms in total. The molecule has 0 radical (unpaired) electrons. The van der Waals surface area contributed by atoms with Gasteiger partial charge in [-0.05, 0) is 18.1 Å². The number of aryl methyl sites for hydroxylation is 2. The summed E-state index contributed by atoms with van der Waals surface area (Å²) in [6.07, 6.45) is 3.59. The average Bonchev–Trinajstić information content (AvgIpc) is 2.82. The molecule has 0 amide bonds. The van der Waals surface area contributed by atoms with Crippen LogP contribution in [0.1, 0.15) is 38.4 Å². The van der Waals surface area contributed by atoms with E-state index in [0.29, 0.717) is 17.9 Å². The minimum atomic E-state index is 0.321. The summed E-state index contributed by atoms with van der Waals surface area (Å²) < 4.78 is 7.26. The summed E-state index contributed by atoms with van der Waals surface area (Å²) >= 11 is 0. The molecule has 0 atom stereocenters. The van der Waals surface area contributed by atoms with Crippen molar-refractivity contribution in [2.45, 2.75) is 46.2 Å². The van der Waals surface area contributed by atoms with E-state index in [1.54, 1.807) is 18.1 Å². The number of aromatic nitrogens is 4. The molecule has 0 saturated carbocycles. The Bertz CT molecular complexity index is 579. The third-order valence-corrected chi connectivity index (χ3v) is 2.91. The fourth-order valence-electron chi connectivity index (χ4n) is 1.94. The lowest BCUT2D eigenvalue weighted by Gasteiger charge is -2.11. The number of nitrogens with zero attached hydrogens (tertiary/aromatic N) is 4. The molecular formula is C15H23N5O. The van der Waals surface area contributed by atoms with Gasteiger partial charge < -0.3 is 10.1 Å². The zero-order chi connectivity index (χ0) is 15.2. The van der Waals surface area contributed by atoms with Gasteiger partial charge in [0.15, 0.2) is 0 Å². The highest BCUT2D eigenvalue weighted by molar-refractivity contribution is 5.27. The molecule has 1 N–H and O–H groups in total. The molecule has 6 heteroatoms. The van der Waals surface area contributed by atoms with Crippen LogP contribution in [0.2, 0.25) is 0 Å². The van der Waals surface area contributed by atoms with Gasteiger partial charge in [0, 0.05) is 31.4 Å². The lowest BCUT2D eigenvalue weighted by molar-refractivity contribution is 0.419. The van der Waals surface area contributed by atoms with Gasteiger partial charge in [-0.3, -0.25) is 4.68 Å². The van der Waals surface area contributed by atoms with Crippen LogP contribution in [0.15, 0.2) is 18.5 Å². The SMILES string of the molecule is CCCc1cc(CNC(C)C)cc(Oc2ncn(C)n2)n1. The predicted octanol–water partition coefficient (Wildman–Crippen LogP) is 2.45. The highest BCUT2D eigenvalue weighted by Crippen LogP contribution is 2.18. The fraction of sp³-hybridized carbons (Fsp3) is 0.533. The first-order valence-electron chi connectivity index (χ1n) is 7.33. The molecule has 2 aromatic rings. The molecular weight excluding hydrogens is 266 g/mol. The maximum Gasteiger partial charge on any atom is 0.342 e. The van der Waals surface area contributed by atoms with Crippen LogP contribution in [0, 0.1) is 0 Å². The van der Waals surface area contributed by atoms with E-state index in [1.165, 1.54) is 0 Å². The monoisotopic (exact) mass is 289 g/mol. The van der Waals surface area contributed by atoms with E-state index in [4.69, 9.17) is 4.74 Å². The Morgan fingerprint density at radius 3 is 2.76 bits per heavy atom. The van der Waals surface area contributed by atoms with Gasteiger partial charge in [0.25, 0.3) is 0 Å². The summed E-state index contributed by atoms with van der Waals surface area (Å²) in [5, 5.41) is 7.52. The molecule has 21 heavy (non-hydrogen) atoms. The van der Waals surface area contributed by atoms with Crippen LogP contribution in [-0.4, -0.2) is 25.8 Å². The third kappa shape index (κ3) is 4.82. The number of pyridine rings is 1.